The number of halogens is 1. The van der Waals surface area contributed by atoms with E-state index in [1.807, 2.05) is 0 Å². The van der Waals surface area contributed by atoms with Crippen LogP contribution >= 0.6 is 11.6 Å². The highest BCUT2D eigenvalue weighted by molar-refractivity contribution is 6.31. The molecule has 1 heterocycles. The molecule has 0 aliphatic carbocycles. The third kappa shape index (κ3) is 4.66. The number of methoxy groups -OCH3 is 1. The van der Waals surface area contributed by atoms with Crippen molar-refractivity contribution in [3.8, 4) is 17.2 Å². The van der Waals surface area contributed by atoms with Crippen molar-refractivity contribution in [2.24, 2.45) is 0 Å². The SMILES string of the molecule is COc1ccc(Cl)cc1NC(=O)COC(=O)c1cc2c(cc1[N+](=O)[O-])OCCO2. The summed E-state index contributed by atoms with van der Waals surface area (Å²) in [6.45, 7) is -0.204. The smallest absolute Gasteiger partial charge is 0.345 e. The van der Waals surface area contributed by atoms with Gasteiger partial charge < -0.3 is 24.3 Å². The van der Waals surface area contributed by atoms with Gasteiger partial charge in [0.25, 0.3) is 11.6 Å². The first-order chi connectivity index (χ1) is 13.9. The molecule has 1 N–H and O–H groups in total. The van der Waals surface area contributed by atoms with Crippen LogP contribution < -0.4 is 19.5 Å². The van der Waals surface area contributed by atoms with E-state index in [0.29, 0.717) is 10.8 Å². The Morgan fingerprint density at radius 1 is 1.21 bits per heavy atom. The van der Waals surface area contributed by atoms with Gasteiger partial charge in [0.1, 0.15) is 24.5 Å². The van der Waals surface area contributed by atoms with Crippen LogP contribution in [0.15, 0.2) is 30.3 Å². The molecule has 2 aromatic carbocycles. The zero-order chi connectivity index (χ0) is 21.0. The van der Waals surface area contributed by atoms with Crippen molar-refractivity contribution in [3.63, 3.8) is 0 Å². The van der Waals surface area contributed by atoms with Crippen LogP contribution in [-0.4, -0.2) is 43.7 Å². The summed E-state index contributed by atoms with van der Waals surface area (Å²) < 4.78 is 20.6. The van der Waals surface area contributed by atoms with Gasteiger partial charge in [-0.2, -0.15) is 0 Å². The zero-order valence-corrected chi connectivity index (χ0v) is 15.9. The van der Waals surface area contributed by atoms with Crippen LogP contribution in [0, 0.1) is 10.1 Å². The number of nitro benzene ring substituents is 1. The molecule has 2 aromatic rings. The summed E-state index contributed by atoms with van der Waals surface area (Å²) in [7, 11) is 1.42. The molecule has 0 atom stereocenters. The van der Waals surface area contributed by atoms with Gasteiger partial charge >= 0.3 is 5.97 Å². The number of carbonyl (C=O) groups excluding carboxylic acids is 2. The van der Waals surface area contributed by atoms with Crippen LogP contribution in [0.4, 0.5) is 11.4 Å². The molecule has 0 radical (unpaired) electrons. The third-order valence-corrected chi connectivity index (χ3v) is 4.08. The highest BCUT2D eigenvalue weighted by Gasteiger charge is 2.27. The molecule has 0 fully saturated rings. The molecular weight excluding hydrogens is 408 g/mol. The van der Waals surface area contributed by atoms with E-state index in [-0.39, 0.29) is 36.0 Å². The molecule has 0 saturated carbocycles. The fourth-order valence-corrected chi connectivity index (χ4v) is 2.74. The van der Waals surface area contributed by atoms with Gasteiger partial charge in [0.05, 0.1) is 23.8 Å². The predicted molar refractivity (Wildman–Crippen MR) is 101 cm³/mol. The predicted octanol–water partition coefficient (Wildman–Crippen LogP) is 2.82. The Labute approximate surface area is 169 Å². The summed E-state index contributed by atoms with van der Waals surface area (Å²) in [4.78, 5) is 35.0. The Morgan fingerprint density at radius 2 is 1.90 bits per heavy atom. The third-order valence-electron chi connectivity index (χ3n) is 3.85. The van der Waals surface area contributed by atoms with Crippen molar-refractivity contribution >= 4 is 34.9 Å². The first-order valence-electron chi connectivity index (χ1n) is 8.27. The lowest BCUT2D eigenvalue weighted by atomic mass is 10.1. The molecule has 11 heteroatoms. The number of hydrogen-bond donors (Lipinski definition) is 1. The second-order valence-electron chi connectivity index (χ2n) is 5.74. The lowest BCUT2D eigenvalue weighted by molar-refractivity contribution is -0.385. The molecular formula is C18H15ClN2O8. The quantitative estimate of drug-likeness (QED) is 0.427. The number of nitrogens with zero attached hydrogens (tertiary/aromatic N) is 1. The molecule has 1 aliphatic rings. The number of anilines is 1. The first-order valence-corrected chi connectivity index (χ1v) is 8.65. The average molecular weight is 423 g/mol. The minimum atomic E-state index is -1.05. The molecule has 0 saturated heterocycles. The second-order valence-corrected chi connectivity index (χ2v) is 6.18. The number of esters is 1. The molecule has 0 aromatic heterocycles. The van der Waals surface area contributed by atoms with E-state index in [4.69, 9.17) is 30.5 Å². The van der Waals surface area contributed by atoms with Gasteiger partial charge in [-0.15, -0.1) is 0 Å². The highest BCUT2D eigenvalue weighted by atomic mass is 35.5. The Morgan fingerprint density at radius 3 is 2.55 bits per heavy atom. The summed E-state index contributed by atoms with van der Waals surface area (Å²) in [5, 5.41) is 14.1. The second kappa shape index (κ2) is 8.65. The van der Waals surface area contributed by atoms with Crippen LogP contribution in [0.3, 0.4) is 0 Å². The number of hydrogen-bond acceptors (Lipinski definition) is 8. The number of amides is 1. The number of fused-ring (bicyclic) bond motifs is 1. The van der Waals surface area contributed by atoms with Crippen LogP contribution in [0.5, 0.6) is 17.2 Å². The van der Waals surface area contributed by atoms with Gasteiger partial charge in [-0.3, -0.25) is 14.9 Å². The fraction of sp³-hybridized carbons (Fsp3) is 0.222. The van der Waals surface area contributed by atoms with Gasteiger partial charge in [0.2, 0.25) is 0 Å². The maximum Gasteiger partial charge on any atom is 0.345 e. The molecule has 0 unspecified atom stereocenters. The van der Waals surface area contributed by atoms with Gasteiger partial charge in [0.15, 0.2) is 18.1 Å². The largest absolute Gasteiger partial charge is 0.495 e. The van der Waals surface area contributed by atoms with Crippen molar-refractivity contribution in [1.29, 1.82) is 0 Å². The molecule has 10 nitrogen and oxygen atoms in total. The van der Waals surface area contributed by atoms with E-state index >= 15 is 0 Å². The van der Waals surface area contributed by atoms with Gasteiger partial charge in [-0.25, -0.2) is 4.79 Å². The number of benzene rings is 2. The lowest BCUT2D eigenvalue weighted by Crippen LogP contribution is -2.22. The summed E-state index contributed by atoms with van der Waals surface area (Å²) in [5.41, 5.74) is -0.588. The fourth-order valence-electron chi connectivity index (χ4n) is 2.57. The number of carbonyl (C=O) groups is 2. The minimum Gasteiger partial charge on any atom is -0.495 e. The van der Waals surface area contributed by atoms with Crippen LogP contribution in [-0.2, 0) is 9.53 Å². The topological polar surface area (TPSA) is 126 Å². The molecule has 3 rings (SSSR count). The van der Waals surface area contributed by atoms with Crippen molar-refractivity contribution in [3.05, 3.63) is 51.0 Å². The zero-order valence-electron chi connectivity index (χ0n) is 15.1. The summed E-state index contributed by atoms with van der Waals surface area (Å²) in [6, 6.07) is 6.85. The standard InChI is InChI=1S/C18H15ClN2O8/c1-26-14-3-2-10(19)6-12(14)20-17(22)9-29-18(23)11-7-15-16(28-5-4-27-15)8-13(11)21(24)25/h2-3,6-8H,4-5,9H2,1H3,(H,20,22). The first kappa shape index (κ1) is 20.2. The molecule has 1 amide bonds. The van der Waals surface area contributed by atoms with E-state index in [1.165, 1.54) is 13.2 Å². The number of rotatable bonds is 6. The maximum absolute atomic E-state index is 12.3. The lowest BCUT2D eigenvalue weighted by Gasteiger charge is -2.18. The van der Waals surface area contributed by atoms with Crippen molar-refractivity contribution in [2.45, 2.75) is 0 Å². The number of ether oxygens (including phenoxy) is 4. The van der Waals surface area contributed by atoms with Crippen molar-refractivity contribution in [1.82, 2.24) is 0 Å². The number of nitrogens with one attached hydrogen (secondary N) is 1. The molecule has 152 valence electrons. The van der Waals surface area contributed by atoms with Crippen LogP contribution in [0.25, 0.3) is 0 Å². The maximum atomic E-state index is 12.3. The van der Waals surface area contributed by atoms with Gasteiger partial charge in [-0.1, -0.05) is 11.6 Å². The Hall–Kier alpha value is -3.53. The Bertz CT molecular complexity index is 979. The molecule has 0 bridgehead atoms. The minimum absolute atomic E-state index is 0.158. The summed E-state index contributed by atoms with van der Waals surface area (Å²) in [6.07, 6.45) is 0. The van der Waals surface area contributed by atoms with E-state index in [0.717, 1.165) is 12.1 Å². The van der Waals surface area contributed by atoms with Crippen molar-refractivity contribution < 1.29 is 33.5 Å². The highest BCUT2D eigenvalue weighted by Crippen LogP contribution is 2.37. The monoisotopic (exact) mass is 422 g/mol. The van der Waals surface area contributed by atoms with Crippen molar-refractivity contribution in [2.75, 3.05) is 32.2 Å². The van der Waals surface area contributed by atoms with Crippen LogP contribution in [0.1, 0.15) is 10.4 Å². The Kier molecular flexibility index (Phi) is 6.03. The Balaban J connectivity index is 1.71. The van der Waals surface area contributed by atoms with E-state index in [9.17, 15) is 19.7 Å². The summed E-state index contributed by atoms with van der Waals surface area (Å²) in [5.74, 6) is -1.04. The number of nitro groups is 1. The molecule has 1 aliphatic heterocycles. The van der Waals surface area contributed by atoms with E-state index in [2.05, 4.69) is 5.32 Å². The van der Waals surface area contributed by atoms with E-state index in [1.54, 1.807) is 12.1 Å². The normalized spacial score (nSPS) is 12.1. The summed E-state index contributed by atoms with van der Waals surface area (Å²) >= 11 is 5.89. The molecule has 29 heavy (non-hydrogen) atoms. The average Bonchev–Trinajstić information content (AvgIpc) is 2.71. The molecule has 0 spiro atoms. The van der Waals surface area contributed by atoms with Crippen LogP contribution in [0.2, 0.25) is 5.02 Å². The van der Waals surface area contributed by atoms with Gasteiger partial charge in [-0.05, 0) is 18.2 Å². The van der Waals surface area contributed by atoms with Gasteiger partial charge in [0, 0.05) is 11.1 Å². The van der Waals surface area contributed by atoms with E-state index < -0.39 is 29.1 Å².